The molecule has 0 saturated heterocycles. The quantitative estimate of drug-likeness (QED) is 0.621. The van der Waals surface area contributed by atoms with Crippen LogP contribution in [0.5, 0.6) is 0 Å². The lowest BCUT2D eigenvalue weighted by Gasteiger charge is -2.27. The van der Waals surface area contributed by atoms with Gasteiger partial charge in [0.05, 0.1) is 0 Å². The second-order valence-corrected chi connectivity index (χ2v) is 3.48. The van der Waals surface area contributed by atoms with E-state index in [-0.39, 0.29) is 0 Å². The van der Waals surface area contributed by atoms with E-state index in [2.05, 4.69) is 19.3 Å². The Hall–Kier alpha value is -0.0400. The van der Waals surface area contributed by atoms with Crippen molar-refractivity contribution in [2.45, 2.75) is 45.1 Å². The van der Waals surface area contributed by atoms with Crippen molar-refractivity contribution in [3.63, 3.8) is 0 Å². The summed E-state index contributed by atoms with van der Waals surface area (Å²) in [6.07, 6.45) is 7.27. The van der Waals surface area contributed by atoms with Crippen LogP contribution >= 0.6 is 0 Å². The molecule has 0 aromatic heterocycles. The standard InChI is InChI=1S/C9H19N/c1-8(10-2)9-6-4-3-5-7-9/h8-10H,3-7H2,1-2H3. The van der Waals surface area contributed by atoms with Crippen molar-refractivity contribution in [1.82, 2.24) is 5.32 Å². The molecule has 1 atom stereocenters. The second kappa shape index (κ2) is 3.97. The van der Waals surface area contributed by atoms with Crippen molar-refractivity contribution in [2.75, 3.05) is 7.05 Å². The summed E-state index contributed by atoms with van der Waals surface area (Å²) in [6.45, 7) is 2.30. The molecule has 1 fully saturated rings. The third-order valence-electron chi connectivity index (χ3n) is 2.81. The SMILES string of the molecule is CNC(C)C1CCCCC1. The molecule has 1 aliphatic carbocycles. The van der Waals surface area contributed by atoms with E-state index in [1.807, 2.05) is 0 Å². The Kier molecular flexibility index (Phi) is 3.20. The zero-order valence-corrected chi connectivity index (χ0v) is 7.19. The van der Waals surface area contributed by atoms with E-state index in [4.69, 9.17) is 0 Å². The third kappa shape index (κ3) is 1.98. The van der Waals surface area contributed by atoms with Crippen molar-refractivity contribution in [3.8, 4) is 0 Å². The lowest BCUT2D eigenvalue weighted by atomic mass is 9.85. The van der Waals surface area contributed by atoms with E-state index < -0.39 is 0 Å². The van der Waals surface area contributed by atoms with Gasteiger partial charge >= 0.3 is 0 Å². The Balaban J connectivity index is 2.24. The average molecular weight is 141 g/mol. The van der Waals surface area contributed by atoms with E-state index in [0.29, 0.717) is 0 Å². The summed E-state index contributed by atoms with van der Waals surface area (Å²) in [5, 5.41) is 3.33. The molecule has 1 nitrogen and oxygen atoms in total. The van der Waals surface area contributed by atoms with Gasteiger partial charge < -0.3 is 5.32 Å². The molecule has 10 heavy (non-hydrogen) atoms. The molecule has 0 aromatic rings. The van der Waals surface area contributed by atoms with Crippen molar-refractivity contribution in [3.05, 3.63) is 0 Å². The fourth-order valence-electron chi connectivity index (χ4n) is 1.87. The lowest BCUT2D eigenvalue weighted by Crippen LogP contribution is -2.31. The van der Waals surface area contributed by atoms with Gasteiger partial charge in [0.2, 0.25) is 0 Å². The summed E-state index contributed by atoms with van der Waals surface area (Å²) < 4.78 is 0. The zero-order chi connectivity index (χ0) is 7.40. The highest BCUT2D eigenvalue weighted by Crippen LogP contribution is 2.25. The normalized spacial score (nSPS) is 24.6. The van der Waals surface area contributed by atoms with Gasteiger partial charge in [0.25, 0.3) is 0 Å². The largest absolute Gasteiger partial charge is 0.317 e. The third-order valence-corrected chi connectivity index (χ3v) is 2.81. The van der Waals surface area contributed by atoms with Crippen LogP contribution in [0, 0.1) is 5.92 Å². The van der Waals surface area contributed by atoms with Gasteiger partial charge in [0.1, 0.15) is 0 Å². The Morgan fingerprint density at radius 2 is 1.80 bits per heavy atom. The number of hydrogen-bond acceptors (Lipinski definition) is 1. The summed E-state index contributed by atoms with van der Waals surface area (Å²) in [5.41, 5.74) is 0. The van der Waals surface area contributed by atoms with Crippen LogP contribution in [0.3, 0.4) is 0 Å². The first kappa shape index (κ1) is 8.06. The number of rotatable bonds is 2. The van der Waals surface area contributed by atoms with Gasteiger partial charge in [-0.25, -0.2) is 0 Å². The fourth-order valence-corrected chi connectivity index (χ4v) is 1.87. The zero-order valence-electron chi connectivity index (χ0n) is 7.19. The van der Waals surface area contributed by atoms with E-state index >= 15 is 0 Å². The van der Waals surface area contributed by atoms with E-state index in [9.17, 15) is 0 Å². The molecule has 0 heterocycles. The molecule has 0 amide bonds. The van der Waals surface area contributed by atoms with Crippen molar-refractivity contribution in [1.29, 1.82) is 0 Å². The minimum absolute atomic E-state index is 0.736. The summed E-state index contributed by atoms with van der Waals surface area (Å²) >= 11 is 0. The van der Waals surface area contributed by atoms with Gasteiger partial charge in [-0.05, 0) is 32.7 Å². The van der Waals surface area contributed by atoms with E-state index in [1.54, 1.807) is 0 Å². The van der Waals surface area contributed by atoms with Crippen LogP contribution in [0.15, 0.2) is 0 Å². The maximum Gasteiger partial charge on any atom is 0.00639 e. The molecule has 1 saturated carbocycles. The van der Waals surface area contributed by atoms with Gasteiger partial charge in [0.15, 0.2) is 0 Å². The smallest absolute Gasteiger partial charge is 0.00639 e. The van der Waals surface area contributed by atoms with Crippen LogP contribution in [-0.2, 0) is 0 Å². The molecule has 1 unspecified atom stereocenters. The first-order chi connectivity index (χ1) is 4.84. The second-order valence-electron chi connectivity index (χ2n) is 3.48. The molecule has 0 aromatic carbocycles. The average Bonchev–Trinajstić information content (AvgIpc) is 2.05. The number of hydrogen-bond donors (Lipinski definition) is 1. The predicted molar refractivity (Wildman–Crippen MR) is 45.1 cm³/mol. The van der Waals surface area contributed by atoms with E-state index in [1.165, 1.54) is 32.1 Å². The van der Waals surface area contributed by atoms with E-state index in [0.717, 1.165) is 12.0 Å². The minimum Gasteiger partial charge on any atom is -0.317 e. The predicted octanol–water partition coefficient (Wildman–Crippen LogP) is 2.17. The topological polar surface area (TPSA) is 12.0 Å². The molecule has 1 N–H and O–H groups in total. The summed E-state index contributed by atoms with van der Waals surface area (Å²) in [6, 6.07) is 0.736. The Labute approximate surface area is 64.2 Å². The maximum absolute atomic E-state index is 3.33. The molecule has 0 spiro atoms. The highest BCUT2D eigenvalue weighted by molar-refractivity contribution is 4.74. The highest BCUT2D eigenvalue weighted by Gasteiger charge is 2.17. The van der Waals surface area contributed by atoms with Gasteiger partial charge in [0, 0.05) is 6.04 Å². The van der Waals surface area contributed by atoms with Crippen molar-refractivity contribution < 1.29 is 0 Å². The molecule has 0 aliphatic heterocycles. The summed E-state index contributed by atoms with van der Waals surface area (Å²) in [7, 11) is 2.07. The molecular formula is C9H19N. The molecular weight excluding hydrogens is 122 g/mol. The maximum atomic E-state index is 3.33. The number of nitrogens with one attached hydrogen (secondary N) is 1. The van der Waals surface area contributed by atoms with Gasteiger partial charge in [-0.15, -0.1) is 0 Å². The fraction of sp³-hybridized carbons (Fsp3) is 1.00. The van der Waals surface area contributed by atoms with Crippen LogP contribution in [0.25, 0.3) is 0 Å². The monoisotopic (exact) mass is 141 g/mol. The first-order valence-electron chi connectivity index (χ1n) is 4.52. The summed E-state index contributed by atoms with van der Waals surface area (Å²) in [5.74, 6) is 0.957. The molecule has 60 valence electrons. The van der Waals surface area contributed by atoms with Crippen LogP contribution in [-0.4, -0.2) is 13.1 Å². The van der Waals surface area contributed by atoms with Gasteiger partial charge in [-0.3, -0.25) is 0 Å². The molecule has 1 rings (SSSR count). The first-order valence-corrected chi connectivity index (χ1v) is 4.52. The van der Waals surface area contributed by atoms with Crippen LogP contribution in [0.1, 0.15) is 39.0 Å². The molecule has 1 heteroatoms. The minimum atomic E-state index is 0.736. The Morgan fingerprint density at radius 3 is 2.30 bits per heavy atom. The highest BCUT2D eigenvalue weighted by atomic mass is 14.9. The molecule has 0 radical (unpaired) electrons. The molecule has 1 aliphatic rings. The van der Waals surface area contributed by atoms with Crippen molar-refractivity contribution in [2.24, 2.45) is 5.92 Å². The van der Waals surface area contributed by atoms with Crippen LogP contribution < -0.4 is 5.32 Å². The van der Waals surface area contributed by atoms with Crippen molar-refractivity contribution >= 4 is 0 Å². The Bertz CT molecular complexity index is 84.7. The van der Waals surface area contributed by atoms with Crippen LogP contribution in [0.4, 0.5) is 0 Å². The summed E-state index contributed by atoms with van der Waals surface area (Å²) in [4.78, 5) is 0. The van der Waals surface area contributed by atoms with Crippen LogP contribution in [0.2, 0.25) is 0 Å². The van der Waals surface area contributed by atoms with Gasteiger partial charge in [-0.1, -0.05) is 19.3 Å². The molecule has 0 bridgehead atoms. The lowest BCUT2D eigenvalue weighted by molar-refractivity contribution is 0.291. The van der Waals surface area contributed by atoms with Gasteiger partial charge in [-0.2, -0.15) is 0 Å². The Morgan fingerprint density at radius 1 is 1.20 bits per heavy atom.